The molecule has 1 amide bonds. The van der Waals surface area contributed by atoms with Gasteiger partial charge in [0.25, 0.3) is 5.69 Å². The highest BCUT2D eigenvalue weighted by Gasteiger charge is 2.37. The van der Waals surface area contributed by atoms with Gasteiger partial charge in [-0.25, -0.2) is 4.79 Å². The van der Waals surface area contributed by atoms with Crippen LogP contribution < -0.4 is 5.73 Å². The number of carbonyl (C=O) groups excluding carboxylic acids is 1. The van der Waals surface area contributed by atoms with E-state index in [1.165, 1.54) is 13.8 Å². The van der Waals surface area contributed by atoms with E-state index in [0.717, 1.165) is 6.07 Å². The van der Waals surface area contributed by atoms with E-state index in [4.69, 9.17) is 22.1 Å². The van der Waals surface area contributed by atoms with Crippen molar-refractivity contribution in [3.63, 3.8) is 0 Å². The Bertz CT molecular complexity index is 617. The molecule has 0 heterocycles. The molecule has 0 aliphatic carbocycles. The molecule has 0 fully saturated rings. The topological polar surface area (TPSA) is 95.5 Å². The Morgan fingerprint density at radius 2 is 1.95 bits per heavy atom. The zero-order chi connectivity index (χ0) is 17.3. The molecule has 0 bridgehead atoms. The Morgan fingerprint density at radius 3 is 2.36 bits per heavy atom. The maximum Gasteiger partial charge on any atom is 0.418 e. The number of nitro groups is 1. The second-order valence-corrected chi connectivity index (χ2v) is 5.48. The second-order valence-electron chi connectivity index (χ2n) is 5.07. The van der Waals surface area contributed by atoms with Crippen LogP contribution in [-0.2, 0) is 17.3 Å². The lowest BCUT2D eigenvalue weighted by atomic mass is 9.96. The molecule has 1 aromatic rings. The van der Waals surface area contributed by atoms with Crippen LogP contribution in [0.1, 0.15) is 25.0 Å². The van der Waals surface area contributed by atoms with E-state index in [9.17, 15) is 28.1 Å². The highest BCUT2D eigenvalue weighted by atomic mass is 35.5. The zero-order valence-electron chi connectivity index (χ0n) is 11.5. The summed E-state index contributed by atoms with van der Waals surface area (Å²) in [6.45, 7) is 2.82. The van der Waals surface area contributed by atoms with Crippen molar-refractivity contribution >= 4 is 23.4 Å². The minimum atomic E-state index is -4.82. The van der Waals surface area contributed by atoms with Crippen LogP contribution in [0.2, 0.25) is 5.02 Å². The van der Waals surface area contributed by atoms with Crippen LogP contribution in [0.5, 0.6) is 0 Å². The summed E-state index contributed by atoms with van der Waals surface area (Å²) in [4.78, 5) is 20.8. The zero-order valence-corrected chi connectivity index (χ0v) is 12.3. The van der Waals surface area contributed by atoms with Gasteiger partial charge in [-0.15, -0.1) is 0 Å². The molecular formula is C12H12ClF3N2O4. The van der Waals surface area contributed by atoms with Gasteiger partial charge in [0.15, 0.2) is 0 Å². The van der Waals surface area contributed by atoms with Crippen molar-refractivity contribution in [2.24, 2.45) is 5.73 Å². The average molecular weight is 341 g/mol. The minimum absolute atomic E-state index is 0.103. The highest BCUT2D eigenvalue weighted by molar-refractivity contribution is 6.31. The lowest BCUT2D eigenvalue weighted by Gasteiger charge is -2.24. The maximum absolute atomic E-state index is 12.7. The minimum Gasteiger partial charge on any atom is -0.443 e. The van der Waals surface area contributed by atoms with Crippen LogP contribution in [0.25, 0.3) is 0 Å². The Hall–Kier alpha value is -2.03. The van der Waals surface area contributed by atoms with Gasteiger partial charge in [0, 0.05) is 18.1 Å². The van der Waals surface area contributed by atoms with E-state index < -0.39 is 39.1 Å². The van der Waals surface area contributed by atoms with Gasteiger partial charge in [0.05, 0.1) is 15.5 Å². The fourth-order valence-corrected chi connectivity index (χ4v) is 2.19. The largest absolute Gasteiger partial charge is 0.443 e. The molecule has 1 rings (SSSR count). The van der Waals surface area contributed by atoms with Crippen LogP contribution in [0.3, 0.4) is 0 Å². The number of primary amides is 1. The summed E-state index contributed by atoms with van der Waals surface area (Å²) >= 11 is 5.55. The molecule has 1 aromatic carbocycles. The third kappa shape index (κ3) is 4.48. The Balaban J connectivity index is 3.34. The molecule has 2 N–H and O–H groups in total. The van der Waals surface area contributed by atoms with Crippen LogP contribution in [0.15, 0.2) is 12.1 Å². The molecule has 0 radical (unpaired) electrons. The molecule has 0 unspecified atom stereocenters. The summed E-state index contributed by atoms with van der Waals surface area (Å²) in [6, 6.07) is 1.20. The average Bonchev–Trinajstić information content (AvgIpc) is 2.23. The third-order valence-electron chi connectivity index (χ3n) is 2.66. The molecule has 6 nitrogen and oxygen atoms in total. The number of ether oxygens (including phenoxy) is 1. The van der Waals surface area contributed by atoms with E-state index in [2.05, 4.69) is 0 Å². The summed E-state index contributed by atoms with van der Waals surface area (Å²) in [7, 11) is 0. The van der Waals surface area contributed by atoms with Crippen molar-refractivity contribution in [2.45, 2.75) is 32.0 Å². The van der Waals surface area contributed by atoms with Gasteiger partial charge >= 0.3 is 12.3 Å². The first-order valence-corrected chi connectivity index (χ1v) is 6.24. The number of alkyl halides is 3. The number of carbonyl (C=O) groups is 1. The standard InChI is InChI=1S/C12H12ClF3N2O4/c1-11(2,22-10(17)19)5-6-3-8(13)7(12(14,15)16)4-9(6)18(20)21/h3-4H,5H2,1-2H3,(H2,17,19). The van der Waals surface area contributed by atoms with E-state index in [-0.39, 0.29) is 12.0 Å². The highest BCUT2D eigenvalue weighted by Crippen LogP contribution is 2.39. The van der Waals surface area contributed by atoms with Gasteiger partial charge in [-0.3, -0.25) is 10.1 Å². The molecule has 0 aliphatic rings. The number of rotatable bonds is 4. The monoisotopic (exact) mass is 340 g/mol. The molecule has 0 saturated carbocycles. The van der Waals surface area contributed by atoms with Crippen molar-refractivity contribution < 1.29 is 27.6 Å². The number of amides is 1. The molecule has 0 atom stereocenters. The SMILES string of the molecule is CC(C)(Cc1cc(Cl)c(C(F)(F)F)cc1[N+](=O)[O-])OC(N)=O. The van der Waals surface area contributed by atoms with E-state index in [0.29, 0.717) is 6.07 Å². The number of nitrogens with zero attached hydrogens (tertiary/aromatic N) is 1. The summed E-state index contributed by atoms with van der Waals surface area (Å²) in [5.41, 5.74) is 1.45. The first kappa shape index (κ1) is 18.0. The van der Waals surface area contributed by atoms with Gasteiger partial charge in [-0.1, -0.05) is 11.6 Å². The second kappa shape index (κ2) is 5.99. The first-order chi connectivity index (χ1) is 9.83. The molecule has 10 heteroatoms. The van der Waals surface area contributed by atoms with Gasteiger partial charge in [-0.2, -0.15) is 13.2 Å². The number of nitrogens with two attached hydrogens (primary N) is 1. The number of hydrogen-bond acceptors (Lipinski definition) is 4. The molecular weight excluding hydrogens is 329 g/mol. The molecule has 22 heavy (non-hydrogen) atoms. The molecule has 0 spiro atoms. The summed E-state index contributed by atoms with van der Waals surface area (Å²) in [5, 5.41) is 10.3. The predicted molar refractivity (Wildman–Crippen MR) is 71.6 cm³/mol. The molecule has 0 aromatic heterocycles. The number of halogens is 4. The number of nitro benzene ring substituents is 1. The van der Waals surface area contributed by atoms with E-state index >= 15 is 0 Å². The van der Waals surface area contributed by atoms with Crippen molar-refractivity contribution in [3.8, 4) is 0 Å². The van der Waals surface area contributed by atoms with Gasteiger partial charge in [-0.05, 0) is 19.9 Å². The predicted octanol–water partition coefficient (Wildman–Crippen LogP) is 3.68. The Kier molecular flexibility index (Phi) is 4.91. The lowest BCUT2D eigenvalue weighted by molar-refractivity contribution is -0.386. The fraction of sp³-hybridized carbons (Fsp3) is 0.417. The van der Waals surface area contributed by atoms with Crippen LogP contribution in [0.4, 0.5) is 23.7 Å². The fourth-order valence-electron chi connectivity index (χ4n) is 1.90. The van der Waals surface area contributed by atoms with Gasteiger partial charge in [0.1, 0.15) is 5.60 Å². The van der Waals surface area contributed by atoms with Crippen LogP contribution in [-0.4, -0.2) is 16.6 Å². The summed E-state index contributed by atoms with van der Waals surface area (Å²) < 4.78 is 43.0. The summed E-state index contributed by atoms with van der Waals surface area (Å²) in [5.74, 6) is 0. The molecule has 122 valence electrons. The normalized spacial score (nSPS) is 12.1. The van der Waals surface area contributed by atoms with Crippen molar-refractivity contribution in [3.05, 3.63) is 38.4 Å². The van der Waals surface area contributed by atoms with Crippen LogP contribution >= 0.6 is 11.6 Å². The number of benzene rings is 1. The van der Waals surface area contributed by atoms with Gasteiger partial charge in [0.2, 0.25) is 0 Å². The van der Waals surface area contributed by atoms with Gasteiger partial charge < -0.3 is 10.5 Å². The van der Waals surface area contributed by atoms with Crippen LogP contribution in [0, 0.1) is 10.1 Å². The Morgan fingerprint density at radius 1 is 1.41 bits per heavy atom. The van der Waals surface area contributed by atoms with E-state index in [1.807, 2.05) is 0 Å². The van der Waals surface area contributed by atoms with Crippen molar-refractivity contribution in [2.75, 3.05) is 0 Å². The molecule has 0 saturated heterocycles. The maximum atomic E-state index is 12.7. The smallest absolute Gasteiger partial charge is 0.418 e. The summed E-state index contributed by atoms with van der Waals surface area (Å²) in [6.07, 6.45) is -6.16. The van der Waals surface area contributed by atoms with Crippen molar-refractivity contribution in [1.82, 2.24) is 0 Å². The molecule has 0 aliphatic heterocycles. The number of hydrogen-bond donors (Lipinski definition) is 1. The van der Waals surface area contributed by atoms with Crippen molar-refractivity contribution in [1.29, 1.82) is 0 Å². The first-order valence-electron chi connectivity index (χ1n) is 5.86. The Labute approximate surface area is 128 Å². The third-order valence-corrected chi connectivity index (χ3v) is 2.98. The van der Waals surface area contributed by atoms with E-state index in [1.54, 1.807) is 0 Å². The lowest BCUT2D eigenvalue weighted by Crippen LogP contribution is -2.33. The quantitative estimate of drug-likeness (QED) is 0.668.